The molecule has 0 aromatic heterocycles. The van der Waals surface area contributed by atoms with E-state index in [4.69, 9.17) is 9.16 Å². The molecule has 1 heterocycles. The molecule has 2 aromatic rings. The summed E-state index contributed by atoms with van der Waals surface area (Å²) in [4.78, 5) is 0. The number of ether oxygens (including phenoxy) is 1. The summed E-state index contributed by atoms with van der Waals surface area (Å²) >= 11 is 0. The minimum absolute atomic E-state index is 0.0378. The molecule has 2 aliphatic rings. The fourth-order valence-electron chi connectivity index (χ4n) is 4.21. The van der Waals surface area contributed by atoms with E-state index in [2.05, 4.69) is 88.5 Å². The number of benzene rings is 2. The van der Waals surface area contributed by atoms with Crippen molar-refractivity contribution in [1.29, 1.82) is 0 Å². The van der Waals surface area contributed by atoms with Gasteiger partial charge in [0, 0.05) is 17.6 Å². The van der Waals surface area contributed by atoms with Crippen molar-refractivity contribution in [1.82, 2.24) is 0 Å². The highest BCUT2D eigenvalue weighted by molar-refractivity contribution is 6.74. The smallest absolute Gasteiger partial charge is 0.192 e. The molecule has 0 unspecified atom stereocenters. The van der Waals surface area contributed by atoms with Gasteiger partial charge in [0.2, 0.25) is 0 Å². The SMILES string of the molecule is CC(C)(C)[Si](C)(C)O[C@@H]1C[C@H](c2ccccc2)OC2=C1CCCc1ccccc12. The monoisotopic (exact) mass is 406 g/mol. The van der Waals surface area contributed by atoms with Crippen LogP contribution < -0.4 is 0 Å². The fraction of sp³-hybridized carbons (Fsp3) is 0.462. The summed E-state index contributed by atoms with van der Waals surface area (Å²) in [6.45, 7) is 11.7. The maximum Gasteiger partial charge on any atom is 0.192 e. The second-order valence-electron chi connectivity index (χ2n) is 9.98. The van der Waals surface area contributed by atoms with E-state index in [1.165, 1.54) is 22.3 Å². The molecule has 1 aliphatic heterocycles. The normalized spacial score (nSPS) is 22.4. The Morgan fingerprint density at radius 2 is 1.62 bits per heavy atom. The molecule has 0 fully saturated rings. The predicted octanol–water partition coefficient (Wildman–Crippen LogP) is 7.29. The minimum Gasteiger partial charge on any atom is -0.485 e. The molecule has 1 aliphatic carbocycles. The van der Waals surface area contributed by atoms with Crippen molar-refractivity contribution in [2.24, 2.45) is 0 Å². The summed E-state index contributed by atoms with van der Waals surface area (Å²) in [7, 11) is -1.90. The molecule has 2 aromatic carbocycles. The Morgan fingerprint density at radius 3 is 2.34 bits per heavy atom. The van der Waals surface area contributed by atoms with Gasteiger partial charge in [0.05, 0.1) is 6.10 Å². The molecule has 0 amide bonds. The molecule has 154 valence electrons. The van der Waals surface area contributed by atoms with Crippen LogP contribution in [0.1, 0.15) is 62.8 Å². The van der Waals surface area contributed by atoms with Gasteiger partial charge in [-0.1, -0.05) is 75.4 Å². The largest absolute Gasteiger partial charge is 0.485 e. The van der Waals surface area contributed by atoms with Crippen LogP contribution in [0, 0.1) is 0 Å². The lowest BCUT2D eigenvalue weighted by molar-refractivity contribution is 0.0743. The van der Waals surface area contributed by atoms with Crippen LogP contribution in [-0.2, 0) is 15.6 Å². The van der Waals surface area contributed by atoms with Gasteiger partial charge >= 0.3 is 0 Å². The highest BCUT2D eigenvalue weighted by Gasteiger charge is 2.43. The van der Waals surface area contributed by atoms with E-state index < -0.39 is 8.32 Å². The van der Waals surface area contributed by atoms with Gasteiger partial charge in [0.1, 0.15) is 11.9 Å². The second-order valence-corrected chi connectivity index (χ2v) is 14.7. The summed E-state index contributed by atoms with van der Waals surface area (Å²) < 4.78 is 13.8. The lowest BCUT2D eigenvalue weighted by Crippen LogP contribution is -2.45. The number of aryl methyl sites for hydroxylation is 1. The van der Waals surface area contributed by atoms with E-state index in [1.807, 2.05) is 0 Å². The molecule has 0 bridgehead atoms. The van der Waals surface area contributed by atoms with Crippen molar-refractivity contribution in [3.63, 3.8) is 0 Å². The average molecular weight is 407 g/mol. The number of fused-ring (bicyclic) bond motifs is 2. The van der Waals surface area contributed by atoms with E-state index in [-0.39, 0.29) is 17.2 Å². The van der Waals surface area contributed by atoms with Crippen LogP contribution in [0.3, 0.4) is 0 Å². The first kappa shape index (κ1) is 20.4. The first-order valence-electron chi connectivity index (χ1n) is 11.0. The minimum atomic E-state index is -1.90. The number of hydrogen-bond donors (Lipinski definition) is 0. The summed E-state index contributed by atoms with van der Waals surface area (Å²) in [5, 5.41) is 0.191. The van der Waals surface area contributed by atoms with Gasteiger partial charge in [0.25, 0.3) is 0 Å². The van der Waals surface area contributed by atoms with E-state index in [0.29, 0.717) is 0 Å². The lowest BCUT2D eigenvalue weighted by atomic mass is 9.91. The van der Waals surface area contributed by atoms with Crippen molar-refractivity contribution in [3.8, 4) is 0 Å². The Morgan fingerprint density at radius 1 is 0.931 bits per heavy atom. The van der Waals surface area contributed by atoms with Gasteiger partial charge in [-0.05, 0) is 48.5 Å². The molecule has 0 spiro atoms. The standard InChI is InChI=1S/C26H34O2Si/c1-26(2,3)29(4,5)28-24-18-23(20-13-7-6-8-14-20)27-25-21-16-10-9-12-19(21)15-11-17-22(24)25/h6-10,12-14,16,23-24H,11,15,17-18H2,1-5H3/t23-,24-/m1/s1. The fourth-order valence-corrected chi connectivity index (χ4v) is 5.52. The zero-order valence-electron chi connectivity index (χ0n) is 18.5. The zero-order chi connectivity index (χ0) is 20.6. The van der Waals surface area contributed by atoms with Crippen LogP contribution in [0.4, 0.5) is 0 Å². The maximum absolute atomic E-state index is 7.04. The summed E-state index contributed by atoms with van der Waals surface area (Å²) in [6, 6.07) is 19.4. The molecule has 3 heteroatoms. The molecular formula is C26H34O2Si. The Kier molecular flexibility index (Phi) is 5.47. The van der Waals surface area contributed by atoms with E-state index >= 15 is 0 Å². The van der Waals surface area contributed by atoms with Gasteiger partial charge in [-0.3, -0.25) is 0 Å². The molecule has 2 nitrogen and oxygen atoms in total. The summed E-state index contributed by atoms with van der Waals surface area (Å²) in [5.41, 5.74) is 5.29. The molecule has 0 N–H and O–H groups in total. The van der Waals surface area contributed by atoms with Crippen molar-refractivity contribution in [3.05, 3.63) is 76.9 Å². The van der Waals surface area contributed by atoms with E-state index in [9.17, 15) is 0 Å². The Hall–Kier alpha value is -1.84. The average Bonchev–Trinajstić information content (AvgIpc) is 2.87. The van der Waals surface area contributed by atoms with E-state index in [0.717, 1.165) is 31.4 Å². The van der Waals surface area contributed by atoms with Gasteiger partial charge in [0.15, 0.2) is 8.32 Å². The first-order valence-corrected chi connectivity index (χ1v) is 13.9. The molecule has 0 saturated heterocycles. The molecule has 0 saturated carbocycles. The Bertz CT molecular complexity index is 892. The highest BCUT2D eigenvalue weighted by atomic mass is 28.4. The van der Waals surface area contributed by atoms with Gasteiger partial charge in [-0.2, -0.15) is 0 Å². The van der Waals surface area contributed by atoms with Crippen molar-refractivity contribution in [2.45, 2.75) is 76.8 Å². The third kappa shape index (κ3) is 4.08. The molecule has 4 rings (SSSR count). The number of hydrogen-bond acceptors (Lipinski definition) is 2. The van der Waals surface area contributed by atoms with Crippen molar-refractivity contribution >= 4 is 14.1 Å². The molecule has 0 radical (unpaired) electrons. The Balaban J connectivity index is 1.78. The van der Waals surface area contributed by atoms with Crippen molar-refractivity contribution in [2.75, 3.05) is 0 Å². The molecule has 29 heavy (non-hydrogen) atoms. The Labute approximate surface area is 177 Å². The van der Waals surface area contributed by atoms with Crippen LogP contribution >= 0.6 is 0 Å². The first-order chi connectivity index (χ1) is 13.8. The summed E-state index contributed by atoms with van der Waals surface area (Å²) in [5.74, 6) is 1.09. The van der Waals surface area contributed by atoms with Crippen LogP contribution in [0.15, 0.2) is 60.2 Å². The van der Waals surface area contributed by atoms with Crippen LogP contribution in [-0.4, -0.2) is 14.4 Å². The molecule has 2 atom stereocenters. The highest BCUT2D eigenvalue weighted by Crippen LogP contribution is 2.46. The van der Waals surface area contributed by atoms with Gasteiger partial charge < -0.3 is 9.16 Å². The third-order valence-corrected chi connectivity index (χ3v) is 11.4. The third-order valence-electron chi connectivity index (χ3n) is 6.94. The summed E-state index contributed by atoms with van der Waals surface area (Å²) in [6.07, 6.45) is 4.40. The maximum atomic E-state index is 7.04. The number of rotatable bonds is 3. The topological polar surface area (TPSA) is 18.5 Å². The van der Waals surface area contributed by atoms with Crippen LogP contribution in [0.25, 0.3) is 5.76 Å². The van der Waals surface area contributed by atoms with E-state index in [1.54, 1.807) is 0 Å². The van der Waals surface area contributed by atoms with Gasteiger partial charge in [-0.15, -0.1) is 0 Å². The van der Waals surface area contributed by atoms with Crippen molar-refractivity contribution < 1.29 is 9.16 Å². The van der Waals surface area contributed by atoms with Crippen LogP contribution in [0.5, 0.6) is 0 Å². The predicted molar refractivity (Wildman–Crippen MR) is 123 cm³/mol. The zero-order valence-corrected chi connectivity index (χ0v) is 19.5. The lowest BCUT2D eigenvalue weighted by Gasteiger charge is -2.43. The van der Waals surface area contributed by atoms with Gasteiger partial charge in [-0.25, -0.2) is 0 Å². The van der Waals surface area contributed by atoms with Crippen LogP contribution in [0.2, 0.25) is 18.1 Å². The quantitative estimate of drug-likeness (QED) is 0.498. The second kappa shape index (κ2) is 7.77. The molecular weight excluding hydrogens is 372 g/mol.